The molecule has 9 heteroatoms. The first-order valence-electron chi connectivity index (χ1n) is 8.11. The Bertz CT molecular complexity index is 914. The van der Waals surface area contributed by atoms with Gasteiger partial charge in [-0.3, -0.25) is 14.9 Å². The molecule has 0 aliphatic carbocycles. The van der Waals surface area contributed by atoms with Crippen LogP contribution in [-0.4, -0.2) is 30.8 Å². The molecule has 28 heavy (non-hydrogen) atoms. The van der Waals surface area contributed by atoms with Crippen LogP contribution in [0.4, 0.5) is 5.69 Å². The molecule has 0 saturated carbocycles. The van der Waals surface area contributed by atoms with Crippen molar-refractivity contribution in [2.45, 2.75) is 6.42 Å². The van der Waals surface area contributed by atoms with Crippen molar-refractivity contribution in [3.05, 3.63) is 73.9 Å². The summed E-state index contributed by atoms with van der Waals surface area (Å²) in [6, 6.07) is 9.63. The van der Waals surface area contributed by atoms with Crippen LogP contribution in [0, 0.1) is 13.7 Å². The summed E-state index contributed by atoms with van der Waals surface area (Å²) < 4.78 is 11.7. The van der Waals surface area contributed by atoms with E-state index in [1.54, 1.807) is 24.3 Å². The van der Waals surface area contributed by atoms with Crippen LogP contribution in [0.25, 0.3) is 0 Å². The number of benzene rings is 2. The van der Waals surface area contributed by atoms with Crippen LogP contribution in [0.3, 0.4) is 0 Å². The van der Waals surface area contributed by atoms with E-state index in [1.807, 2.05) is 6.07 Å². The number of rotatable bonds is 9. The van der Waals surface area contributed by atoms with Crippen LogP contribution in [0.2, 0.25) is 0 Å². The molecule has 146 valence electrons. The second kappa shape index (κ2) is 10.4. The second-order valence-corrected chi connectivity index (χ2v) is 6.65. The molecule has 0 bridgehead atoms. The van der Waals surface area contributed by atoms with Crippen molar-refractivity contribution in [3.63, 3.8) is 0 Å². The number of halogens is 1. The number of nitrogens with one attached hydrogen (secondary N) is 1. The fraction of sp³-hybridized carbons (Fsp3) is 0.158. The monoisotopic (exact) mass is 495 g/mol. The van der Waals surface area contributed by atoms with Gasteiger partial charge in [-0.05, 0) is 40.3 Å². The van der Waals surface area contributed by atoms with Crippen molar-refractivity contribution in [1.29, 1.82) is 0 Å². The Kier molecular flexibility index (Phi) is 7.93. The zero-order valence-electron chi connectivity index (χ0n) is 15.1. The molecule has 0 aromatic heterocycles. The van der Waals surface area contributed by atoms with Crippen LogP contribution in [0.15, 0.2) is 54.2 Å². The van der Waals surface area contributed by atoms with Crippen molar-refractivity contribution >= 4 is 40.4 Å². The van der Waals surface area contributed by atoms with Gasteiger partial charge in [-0.2, -0.15) is 5.10 Å². The number of amides is 1. The highest BCUT2D eigenvalue weighted by Gasteiger charge is 2.15. The van der Waals surface area contributed by atoms with Crippen molar-refractivity contribution in [2.24, 2.45) is 5.10 Å². The van der Waals surface area contributed by atoms with E-state index in [0.29, 0.717) is 29.2 Å². The van der Waals surface area contributed by atoms with E-state index in [0.717, 1.165) is 3.57 Å². The average molecular weight is 495 g/mol. The highest BCUT2D eigenvalue weighted by atomic mass is 127. The molecule has 2 aromatic carbocycles. The molecule has 0 fully saturated rings. The van der Waals surface area contributed by atoms with Gasteiger partial charge in [0.25, 0.3) is 5.69 Å². The number of para-hydroxylation sites is 1. The number of hydrogen-bond donors (Lipinski definition) is 1. The van der Waals surface area contributed by atoms with Gasteiger partial charge in [0.05, 0.1) is 28.2 Å². The Morgan fingerprint density at radius 3 is 2.82 bits per heavy atom. The molecular formula is C19H18IN3O5. The van der Waals surface area contributed by atoms with E-state index in [2.05, 4.69) is 39.7 Å². The number of methoxy groups -OCH3 is 1. The Morgan fingerprint density at radius 1 is 1.39 bits per heavy atom. The Morgan fingerprint density at radius 2 is 2.14 bits per heavy atom. The lowest BCUT2D eigenvalue weighted by Crippen LogP contribution is -2.20. The fourth-order valence-electron chi connectivity index (χ4n) is 2.33. The van der Waals surface area contributed by atoms with Gasteiger partial charge in [-0.15, -0.1) is 0 Å². The minimum absolute atomic E-state index is 0.101. The lowest BCUT2D eigenvalue weighted by molar-refractivity contribution is -0.385. The molecule has 0 aliphatic rings. The molecule has 2 aromatic rings. The number of hydrogen-bond acceptors (Lipinski definition) is 6. The normalized spacial score (nSPS) is 10.5. The maximum Gasteiger partial charge on any atom is 0.273 e. The average Bonchev–Trinajstić information content (AvgIpc) is 2.67. The largest absolute Gasteiger partial charge is 0.493 e. The zero-order chi connectivity index (χ0) is 20.5. The Balaban J connectivity index is 2.06. The fourth-order valence-corrected chi connectivity index (χ4v) is 3.11. The van der Waals surface area contributed by atoms with Gasteiger partial charge in [0.2, 0.25) is 5.91 Å². The molecule has 8 nitrogen and oxygen atoms in total. The SMILES string of the molecule is C=CCOc1c(I)cc(/C=N\NC(=O)Cc2ccccc2[N+](=O)[O-])cc1OC. The van der Waals surface area contributed by atoms with Crippen LogP contribution < -0.4 is 14.9 Å². The van der Waals surface area contributed by atoms with Gasteiger partial charge >= 0.3 is 0 Å². The third kappa shape index (κ3) is 5.78. The number of nitro benzene ring substituents is 1. The lowest BCUT2D eigenvalue weighted by atomic mass is 10.1. The zero-order valence-corrected chi connectivity index (χ0v) is 17.2. The highest BCUT2D eigenvalue weighted by Crippen LogP contribution is 2.33. The predicted molar refractivity (Wildman–Crippen MR) is 114 cm³/mol. The summed E-state index contributed by atoms with van der Waals surface area (Å²) in [6.45, 7) is 3.96. The maximum absolute atomic E-state index is 12.0. The molecular weight excluding hydrogens is 477 g/mol. The molecule has 1 amide bonds. The predicted octanol–water partition coefficient (Wildman–Crippen LogP) is 3.47. The van der Waals surface area contributed by atoms with E-state index in [4.69, 9.17) is 9.47 Å². The minimum Gasteiger partial charge on any atom is -0.493 e. The lowest BCUT2D eigenvalue weighted by Gasteiger charge is -2.12. The Labute approximate surface area is 175 Å². The Hall–Kier alpha value is -2.95. The van der Waals surface area contributed by atoms with E-state index >= 15 is 0 Å². The van der Waals surface area contributed by atoms with Crippen LogP contribution in [-0.2, 0) is 11.2 Å². The van der Waals surface area contributed by atoms with E-state index in [9.17, 15) is 14.9 Å². The summed E-state index contributed by atoms with van der Waals surface area (Å²) in [5, 5.41) is 14.9. The third-order valence-electron chi connectivity index (χ3n) is 3.54. The quantitative estimate of drug-likeness (QED) is 0.189. The van der Waals surface area contributed by atoms with Gasteiger partial charge in [0, 0.05) is 11.6 Å². The number of carbonyl (C=O) groups excluding carboxylic acids is 1. The number of carbonyl (C=O) groups is 1. The minimum atomic E-state index is -0.518. The van der Waals surface area contributed by atoms with Gasteiger partial charge in [-0.1, -0.05) is 30.9 Å². The molecule has 0 radical (unpaired) electrons. The molecule has 0 spiro atoms. The summed E-state index contributed by atoms with van der Waals surface area (Å²) in [6.07, 6.45) is 2.94. The molecule has 0 atom stereocenters. The first-order chi connectivity index (χ1) is 13.5. The van der Waals surface area contributed by atoms with Crippen LogP contribution in [0.5, 0.6) is 11.5 Å². The number of nitro groups is 1. The summed E-state index contributed by atoms with van der Waals surface area (Å²) in [4.78, 5) is 22.5. The molecule has 2 rings (SSSR count). The maximum atomic E-state index is 12.0. The second-order valence-electron chi connectivity index (χ2n) is 5.49. The molecule has 0 saturated heterocycles. The van der Waals surface area contributed by atoms with E-state index in [-0.39, 0.29) is 12.1 Å². The topological polar surface area (TPSA) is 103 Å². The third-order valence-corrected chi connectivity index (χ3v) is 4.34. The van der Waals surface area contributed by atoms with E-state index < -0.39 is 10.8 Å². The summed E-state index contributed by atoms with van der Waals surface area (Å²) >= 11 is 2.11. The summed E-state index contributed by atoms with van der Waals surface area (Å²) in [5.74, 6) is 0.667. The summed E-state index contributed by atoms with van der Waals surface area (Å²) in [5.41, 5.74) is 3.28. The number of nitrogens with zero attached hydrogens (tertiary/aromatic N) is 2. The summed E-state index contributed by atoms with van der Waals surface area (Å²) in [7, 11) is 1.53. The van der Waals surface area contributed by atoms with Crippen molar-refractivity contribution < 1.29 is 19.2 Å². The van der Waals surface area contributed by atoms with Crippen molar-refractivity contribution in [1.82, 2.24) is 5.43 Å². The number of hydrazone groups is 1. The first kappa shape index (κ1) is 21.4. The molecule has 0 heterocycles. The van der Waals surface area contributed by atoms with Crippen LogP contribution in [0.1, 0.15) is 11.1 Å². The molecule has 0 unspecified atom stereocenters. The van der Waals surface area contributed by atoms with Crippen LogP contribution >= 0.6 is 22.6 Å². The number of ether oxygens (including phenoxy) is 2. The van der Waals surface area contributed by atoms with E-state index in [1.165, 1.54) is 25.5 Å². The van der Waals surface area contributed by atoms with Gasteiger partial charge in [0.15, 0.2) is 11.5 Å². The smallest absolute Gasteiger partial charge is 0.273 e. The first-order valence-corrected chi connectivity index (χ1v) is 9.19. The van der Waals surface area contributed by atoms with Gasteiger partial charge < -0.3 is 9.47 Å². The van der Waals surface area contributed by atoms with Crippen molar-refractivity contribution in [2.75, 3.05) is 13.7 Å². The molecule has 0 aliphatic heterocycles. The van der Waals surface area contributed by atoms with Crippen molar-refractivity contribution in [3.8, 4) is 11.5 Å². The van der Waals surface area contributed by atoms with Gasteiger partial charge in [0.1, 0.15) is 6.61 Å². The standard InChI is InChI=1S/C19H18IN3O5/c1-3-8-28-19-15(20)9-13(10-17(19)27-2)12-21-22-18(24)11-14-6-4-5-7-16(14)23(25)26/h3-7,9-10,12H,1,8,11H2,2H3,(H,22,24)/b21-12-. The molecule has 1 N–H and O–H groups in total. The highest BCUT2D eigenvalue weighted by molar-refractivity contribution is 14.1. The van der Waals surface area contributed by atoms with Gasteiger partial charge in [-0.25, -0.2) is 5.43 Å².